The minimum atomic E-state index is 0.818. The van der Waals surface area contributed by atoms with Crippen LogP contribution in [0.25, 0.3) is 0 Å². The number of hydrogen-bond acceptors (Lipinski definition) is 3. The first-order chi connectivity index (χ1) is 7.66. The number of halogens is 1. The summed E-state index contributed by atoms with van der Waals surface area (Å²) in [6.07, 6.45) is 0. The van der Waals surface area contributed by atoms with Gasteiger partial charge in [0.05, 0.1) is 17.1 Å². The van der Waals surface area contributed by atoms with Crippen LogP contribution in [0.2, 0.25) is 0 Å². The summed E-state index contributed by atoms with van der Waals surface area (Å²) in [7, 11) is 0. The molecule has 0 saturated heterocycles. The maximum atomic E-state index is 4.19. The molecule has 0 saturated carbocycles. The fourth-order valence-electron chi connectivity index (χ4n) is 1.31. The summed E-state index contributed by atoms with van der Waals surface area (Å²) in [5.41, 5.74) is 3.47. The molecule has 5 heteroatoms. The van der Waals surface area contributed by atoms with Crippen LogP contribution in [0.4, 0.5) is 11.4 Å². The van der Waals surface area contributed by atoms with E-state index in [0.29, 0.717) is 0 Å². The molecule has 0 atom stereocenters. The Kier molecular flexibility index (Phi) is 3.33. The van der Waals surface area contributed by atoms with Gasteiger partial charge < -0.3 is 0 Å². The van der Waals surface area contributed by atoms with Crippen LogP contribution in [0.15, 0.2) is 34.5 Å². The molecule has 1 aromatic carbocycles. The predicted octanol–water partition coefficient (Wildman–Crippen LogP) is 4.05. The maximum Gasteiger partial charge on any atom is 0.129 e. The van der Waals surface area contributed by atoms with Crippen LogP contribution >= 0.6 is 22.6 Å². The third-order valence-electron chi connectivity index (χ3n) is 2.18. The van der Waals surface area contributed by atoms with Crippen LogP contribution in [0.1, 0.15) is 11.4 Å². The molecule has 1 aromatic heterocycles. The summed E-state index contributed by atoms with van der Waals surface area (Å²) in [5.74, 6) is 0. The number of aromatic nitrogens is 2. The summed E-state index contributed by atoms with van der Waals surface area (Å²) >= 11 is 2.26. The highest BCUT2D eigenvalue weighted by Crippen LogP contribution is 2.23. The van der Waals surface area contributed by atoms with E-state index in [1.807, 2.05) is 38.1 Å². The second-order valence-corrected chi connectivity index (χ2v) is 4.70. The molecule has 0 aliphatic carbocycles. The summed E-state index contributed by atoms with van der Waals surface area (Å²) in [5, 5.41) is 15.3. The van der Waals surface area contributed by atoms with E-state index in [-0.39, 0.29) is 0 Å². The molecule has 82 valence electrons. The van der Waals surface area contributed by atoms with Crippen LogP contribution in [0.3, 0.4) is 0 Å². The van der Waals surface area contributed by atoms with E-state index in [0.717, 1.165) is 22.8 Å². The molecular formula is C11H11IN4. The molecule has 2 aromatic rings. The number of nitrogens with one attached hydrogen (secondary N) is 1. The Labute approximate surface area is 107 Å². The van der Waals surface area contributed by atoms with E-state index >= 15 is 0 Å². The van der Waals surface area contributed by atoms with Crippen molar-refractivity contribution in [3.8, 4) is 0 Å². The van der Waals surface area contributed by atoms with E-state index in [1.54, 1.807) is 0 Å². The Morgan fingerprint density at radius 2 is 1.81 bits per heavy atom. The highest BCUT2D eigenvalue weighted by atomic mass is 127. The molecule has 0 aliphatic rings. The minimum absolute atomic E-state index is 0.818. The van der Waals surface area contributed by atoms with Crippen molar-refractivity contribution in [3.63, 3.8) is 0 Å². The van der Waals surface area contributed by atoms with Gasteiger partial charge in [-0.1, -0.05) is 0 Å². The molecule has 4 nitrogen and oxygen atoms in total. The number of nitrogens with zero attached hydrogens (tertiary/aromatic N) is 3. The van der Waals surface area contributed by atoms with Crippen molar-refractivity contribution >= 4 is 34.0 Å². The number of hydrogen-bond donors (Lipinski definition) is 1. The molecule has 0 spiro atoms. The van der Waals surface area contributed by atoms with Gasteiger partial charge in [-0.25, -0.2) is 0 Å². The van der Waals surface area contributed by atoms with Crippen molar-refractivity contribution in [1.82, 2.24) is 10.2 Å². The number of aryl methyl sites for hydroxylation is 2. The molecule has 1 heterocycles. The van der Waals surface area contributed by atoms with Gasteiger partial charge >= 0.3 is 0 Å². The third kappa shape index (κ3) is 2.46. The largest absolute Gasteiger partial charge is 0.280 e. The van der Waals surface area contributed by atoms with Gasteiger partial charge in [-0.3, -0.25) is 5.10 Å². The number of benzene rings is 1. The van der Waals surface area contributed by atoms with E-state index in [4.69, 9.17) is 0 Å². The lowest BCUT2D eigenvalue weighted by atomic mass is 10.3. The SMILES string of the molecule is Cc1n[nH]c(C)c1N=Nc1ccc(I)cc1. The van der Waals surface area contributed by atoms with Crippen LogP contribution in [-0.2, 0) is 0 Å². The summed E-state index contributed by atoms with van der Waals surface area (Å²) in [6, 6.07) is 7.89. The van der Waals surface area contributed by atoms with Crippen LogP contribution < -0.4 is 0 Å². The lowest BCUT2D eigenvalue weighted by Crippen LogP contribution is -1.70. The summed E-state index contributed by atoms with van der Waals surface area (Å²) in [6.45, 7) is 3.84. The highest BCUT2D eigenvalue weighted by Gasteiger charge is 2.03. The van der Waals surface area contributed by atoms with Gasteiger partial charge in [-0.05, 0) is 60.7 Å². The van der Waals surface area contributed by atoms with Gasteiger partial charge in [0, 0.05) is 3.57 Å². The molecule has 1 N–H and O–H groups in total. The van der Waals surface area contributed by atoms with Gasteiger partial charge in [0.25, 0.3) is 0 Å². The fraction of sp³-hybridized carbons (Fsp3) is 0.182. The molecule has 0 aliphatic heterocycles. The monoisotopic (exact) mass is 326 g/mol. The maximum absolute atomic E-state index is 4.19. The van der Waals surface area contributed by atoms with Gasteiger partial charge in [0.15, 0.2) is 0 Å². The smallest absolute Gasteiger partial charge is 0.129 e. The second-order valence-electron chi connectivity index (χ2n) is 3.46. The summed E-state index contributed by atoms with van der Waals surface area (Å²) in [4.78, 5) is 0. The van der Waals surface area contributed by atoms with Crippen LogP contribution in [-0.4, -0.2) is 10.2 Å². The Morgan fingerprint density at radius 1 is 1.12 bits per heavy atom. The van der Waals surface area contributed by atoms with Crippen molar-refractivity contribution in [1.29, 1.82) is 0 Å². The molecule has 0 bridgehead atoms. The molecular weight excluding hydrogens is 315 g/mol. The lowest BCUT2D eigenvalue weighted by molar-refractivity contribution is 1.02. The molecule has 0 radical (unpaired) electrons. The van der Waals surface area contributed by atoms with E-state index in [2.05, 4.69) is 43.0 Å². The van der Waals surface area contributed by atoms with Gasteiger partial charge in [0.1, 0.15) is 5.69 Å². The lowest BCUT2D eigenvalue weighted by Gasteiger charge is -1.93. The minimum Gasteiger partial charge on any atom is -0.280 e. The zero-order valence-electron chi connectivity index (χ0n) is 9.03. The van der Waals surface area contributed by atoms with Gasteiger partial charge in [-0.15, -0.1) is 5.11 Å². The second kappa shape index (κ2) is 4.73. The van der Waals surface area contributed by atoms with Crippen molar-refractivity contribution in [2.75, 3.05) is 0 Å². The fourth-order valence-corrected chi connectivity index (χ4v) is 1.67. The zero-order chi connectivity index (χ0) is 11.5. The normalized spacial score (nSPS) is 11.2. The Morgan fingerprint density at radius 3 is 2.38 bits per heavy atom. The third-order valence-corrected chi connectivity index (χ3v) is 2.90. The topological polar surface area (TPSA) is 53.4 Å². The van der Waals surface area contributed by atoms with E-state index < -0.39 is 0 Å². The Balaban J connectivity index is 2.24. The zero-order valence-corrected chi connectivity index (χ0v) is 11.2. The van der Waals surface area contributed by atoms with Crippen LogP contribution in [0, 0.1) is 17.4 Å². The van der Waals surface area contributed by atoms with E-state index in [1.165, 1.54) is 3.57 Å². The molecule has 16 heavy (non-hydrogen) atoms. The molecule has 0 unspecified atom stereocenters. The highest BCUT2D eigenvalue weighted by molar-refractivity contribution is 14.1. The van der Waals surface area contributed by atoms with Gasteiger partial charge in [-0.2, -0.15) is 10.2 Å². The molecule has 0 amide bonds. The first-order valence-corrected chi connectivity index (χ1v) is 5.93. The van der Waals surface area contributed by atoms with Gasteiger partial charge in [0.2, 0.25) is 0 Å². The average molecular weight is 326 g/mol. The van der Waals surface area contributed by atoms with Crippen LogP contribution in [0.5, 0.6) is 0 Å². The summed E-state index contributed by atoms with van der Waals surface area (Å²) < 4.78 is 1.19. The Hall–Kier alpha value is -1.24. The molecule has 0 fully saturated rings. The number of rotatable bonds is 2. The first kappa shape index (κ1) is 11.3. The predicted molar refractivity (Wildman–Crippen MR) is 71.4 cm³/mol. The van der Waals surface area contributed by atoms with Crippen molar-refractivity contribution < 1.29 is 0 Å². The number of azo groups is 1. The molecule has 2 rings (SSSR count). The number of H-pyrrole nitrogens is 1. The quantitative estimate of drug-likeness (QED) is 0.657. The van der Waals surface area contributed by atoms with Crippen molar-refractivity contribution in [2.45, 2.75) is 13.8 Å². The Bertz CT molecular complexity index is 494. The van der Waals surface area contributed by atoms with E-state index in [9.17, 15) is 0 Å². The van der Waals surface area contributed by atoms with Crippen molar-refractivity contribution in [3.05, 3.63) is 39.2 Å². The number of aromatic amines is 1. The van der Waals surface area contributed by atoms with Crippen molar-refractivity contribution in [2.24, 2.45) is 10.2 Å². The average Bonchev–Trinajstić information content (AvgIpc) is 2.59. The standard InChI is InChI=1S/C11H11IN4/c1-7-11(8(2)14-13-7)16-15-10-5-3-9(12)4-6-10/h3-6H,1-2H3,(H,13,14). The first-order valence-electron chi connectivity index (χ1n) is 4.85.